The van der Waals surface area contributed by atoms with Gasteiger partial charge in [-0.3, -0.25) is 0 Å². The maximum absolute atomic E-state index is 4.87. The van der Waals surface area contributed by atoms with Crippen LogP contribution in [0.5, 0.6) is 0 Å². The highest BCUT2D eigenvalue weighted by Crippen LogP contribution is 2.46. The molecule has 0 aliphatic heterocycles. The minimum absolute atomic E-state index is 0.252. The Balaban J connectivity index is 1.96. The molecular formula is C16H21N3. The molecule has 1 aromatic heterocycles. The lowest BCUT2D eigenvalue weighted by Gasteiger charge is -2.10. The van der Waals surface area contributed by atoms with Crippen molar-refractivity contribution in [2.45, 2.75) is 32.1 Å². The molecule has 2 N–H and O–H groups in total. The molecule has 1 saturated carbocycles. The van der Waals surface area contributed by atoms with Gasteiger partial charge in [-0.1, -0.05) is 29.8 Å². The Kier molecular flexibility index (Phi) is 2.94. The summed E-state index contributed by atoms with van der Waals surface area (Å²) in [7, 11) is 2.01. The van der Waals surface area contributed by atoms with E-state index in [0.717, 1.165) is 18.1 Å². The highest BCUT2D eigenvalue weighted by Gasteiger charge is 2.46. The molecule has 3 nitrogen and oxygen atoms in total. The standard InChI is InChI=1S/C16H21N3/c1-11-4-6-13(7-5-11)14-12(2)18-15(19-14)16(8-9-16)10-17-3/h4-7,17H,8-10H2,1-3H3,(H,18,19). The quantitative estimate of drug-likeness (QED) is 0.882. The topological polar surface area (TPSA) is 40.7 Å². The van der Waals surface area contributed by atoms with Gasteiger partial charge in [0, 0.05) is 23.2 Å². The van der Waals surface area contributed by atoms with Gasteiger partial charge in [0.15, 0.2) is 0 Å². The third-order valence-corrected chi connectivity index (χ3v) is 4.08. The van der Waals surface area contributed by atoms with Crippen LogP contribution in [0.15, 0.2) is 24.3 Å². The summed E-state index contributed by atoms with van der Waals surface area (Å²) < 4.78 is 0. The van der Waals surface area contributed by atoms with Crippen LogP contribution in [0.1, 0.15) is 29.9 Å². The number of hydrogen-bond donors (Lipinski definition) is 2. The second kappa shape index (κ2) is 4.49. The number of benzene rings is 1. The Morgan fingerprint density at radius 1 is 1.21 bits per heavy atom. The molecule has 1 aliphatic carbocycles. The zero-order valence-corrected chi connectivity index (χ0v) is 11.9. The van der Waals surface area contributed by atoms with Gasteiger partial charge in [0.05, 0.1) is 5.69 Å². The van der Waals surface area contributed by atoms with Crippen molar-refractivity contribution in [3.05, 3.63) is 41.3 Å². The van der Waals surface area contributed by atoms with Crippen molar-refractivity contribution >= 4 is 0 Å². The highest BCUT2D eigenvalue weighted by molar-refractivity contribution is 5.62. The van der Waals surface area contributed by atoms with Crippen LogP contribution in [-0.4, -0.2) is 23.6 Å². The molecule has 0 unspecified atom stereocenters. The van der Waals surface area contributed by atoms with Crippen molar-refractivity contribution in [3.8, 4) is 11.3 Å². The van der Waals surface area contributed by atoms with Gasteiger partial charge in [0.25, 0.3) is 0 Å². The monoisotopic (exact) mass is 255 g/mol. The largest absolute Gasteiger partial charge is 0.345 e. The van der Waals surface area contributed by atoms with Crippen molar-refractivity contribution in [2.75, 3.05) is 13.6 Å². The number of H-pyrrole nitrogens is 1. The van der Waals surface area contributed by atoms with Gasteiger partial charge >= 0.3 is 0 Å². The molecule has 0 atom stereocenters. The second-order valence-corrected chi connectivity index (χ2v) is 5.74. The molecule has 0 amide bonds. The van der Waals surface area contributed by atoms with E-state index >= 15 is 0 Å². The SMILES string of the molecule is CNCC1(c2nc(-c3ccc(C)cc3)c(C)[nH]2)CC1. The highest BCUT2D eigenvalue weighted by atomic mass is 15.0. The first-order chi connectivity index (χ1) is 9.14. The molecule has 0 radical (unpaired) electrons. The van der Waals surface area contributed by atoms with Crippen molar-refractivity contribution in [2.24, 2.45) is 0 Å². The second-order valence-electron chi connectivity index (χ2n) is 5.74. The summed E-state index contributed by atoms with van der Waals surface area (Å²) in [5, 5.41) is 3.28. The van der Waals surface area contributed by atoms with Crippen LogP contribution >= 0.6 is 0 Å². The van der Waals surface area contributed by atoms with Crippen LogP contribution < -0.4 is 5.32 Å². The molecule has 1 fully saturated rings. The predicted octanol–water partition coefficient (Wildman–Crippen LogP) is 2.94. The first kappa shape index (κ1) is 12.4. The Morgan fingerprint density at radius 2 is 1.89 bits per heavy atom. The lowest BCUT2D eigenvalue weighted by molar-refractivity contribution is 0.593. The predicted molar refractivity (Wildman–Crippen MR) is 78.3 cm³/mol. The number of aromatic amines is 1. The van der Waals surface area contributed by atoms with Gasteiger partial charge in [0.2, 0.25) is 0 Å². The lowest BCUT2D eigenvalue weighted by Crippen LogP contribution is -2.24. The number of rotatable bonds is 4. The summed E-state index contributed by atoms with van der Waals surface area (Å²) in [4.78, 5) is 8.36. The number of aromatic nitrogens is 2. The maximum Gasteiger partial charge on any atom is 0.114 e. The van der Waals surface area contributed by atoms with E-state index in [0.29, 0.717) is 0 Å². The van der Waals surface area contributed by atoms with Gasteiger partial charge in [-0.25, -0.2) is 4.98 Å². The van der Waals surface area contributed by atoms with Gasteiger partial charge in [-0.2, -0.15) is 0 Å². The van der Waals surface area contributed by atoms with Gasteiger partial charge in [-0.15, -0.1) is 0 Å². The van der Waals surface area contributed by atoms with Crippen LogP contribution in [-0.2, 0) is 5.41 Å². The van der Waals surface area contributed by atoms with E-state index in [4.69, 9.17) is 4.98 Å². The minimum atomic E-state index is 0.252. The molecule has 0 spiro atoms. The molecule has 1 heterocycles. The molecule has 3 heteroatoms. The fourth-order valence-corrected chi connectivity index (χ4v) is 2.69. The summed E-state index contributed by atoms with van der Waals surface area (Å²) >= 11 is 0. The number of aryl methyl sites for hydroxylation is 2. The molecule has 0 saturated heterocycles. The Labute approximate surface area is 114 Å². The van der Waals surface area contributed by atoms with Crippen molar-refractivity contribution < 1.29 is 0 Å². The average Bonchev–Trinajstić information content (AvgIpc) is 3.07. The van der Waals surface area contributed by atoms with E-state index in [1.807, 2.05) is 7.05 Å². The van der Waals surface area contributed by atoms with Crippen LogP contribution in [0.4, 0.5) is 0 Å². The molecule has 3 rings (SSSR count). The summed E-state index contributed by atoms with van der Waals surface area (Å²) in [5.74, 6) is 1.15. The third kappa shape index (κ3) is 2.19. The van der Waals surface area contributed by atoms with Gasteiger partial charge in [-0.05, 0) is 33.7 Å². The van der Waals surface area contributed by atoms with Crippen molar-refractivity contribution in [1.29, 1.82) is 0 Å². The first-order valence-electron chi connectivity index (χ1n) is 6.93. The fraction of sp³-hybridized carbons (Fsp3) is 0.438. The molecule has 1 aliphatic rings. The Bertz CT molecular complexity index is 577. The summed E-state index contributed by atoms with van der Waals surface area (Å²) in [6, 6.07) is 8.59. The molecule has 1 aromatic carbocycles. The molecule has 0 bridgehead atoms. The third-order valence-electron chi connectivity index (χ3n) is 4.08. The number of likely N-dealkylation sites (N-methyl/N-ethyl adjacent to an activating group) is 1. The van der Waals surface area contributed by atoms with Crippen LogP contribution in [0.2, 0.25) is 0 Å². The summed E-state index contributed by atoms with van der Waals surface area (Å²) in [5.41, 5.74) is 5.00. The normalized spacial score (nSPS) is 16.6. The van der Waals surface area contributed by atoms with Gasteiger partial charge < -0.3 is 10.3 Å². The first-order valence-corrected chi connectivity index (χ1v) is 6.93. The summed E-state index contributed by atoms with van der Waals surface area (Å²) in [6.45, 7) is 5.23. The van der Waals surface area contributed by atoms with E-state index < -0.39 is 0 Å². The molecule has 100 valence electrons. The van der Waals surface area contributed by atoms with E-state index in [-0.39, 0.29) is 5.41 Å². The fourth-order valence-electron chi connectivity index (χ4n) is 2.69. The molecular weight excluding hydrogens is 234 g/mol. The number of nitrogens with one attached hydrogen (secondary N) is 2. The maximum atomic E-state index is 4.87. The Morgan fingerprint density at radius 3 is 2.47 bits per heavy atom. The zero-order chi connectivity index (χ0) is 13.5. The van der Waals surface area contributed by atoms with E-state index in [1.54, 1.807) is 0 Å². The van der Waals surface area contributed by atoms with E-state index in [2.05, 4.69) is 48.4 Å². The van der Waals surface area contributed by atoms with Crippen LogP contribution in [0.25, 0.3) is 11.3 Å². The number of nitrogens with zero attached hydrogens (tertiary/aromatic N) is 1. The van der Waals surface area contributed by atoms with E-state index in [9.17, 15) is 0 Å². The smallest absolute Gasteiger partial charge is 0.114 e. The van der Waals surface area contributed by atoms with Crippen molar-refractivity contribution in [1.82, 2.24) is 15.3 Å². The average molecular weight is 255 g/mol. The zero-order valence-electron chi connectivity index (χ0n) is 11.9. The number of imidazole rings is 1. The molecule has 19 heavy (non-hydrogen) atoms. The summed E-state index contributed by atoms with van der Waals surface area (Å²) in [6.07, 6.45) is 2.46. The van der Waals surface area contributed by atoms with Crippen LogP contribution in [0.3, 0.4) is 0 Å². The Hall–Kier alpha value is -1.61. The molecule has 2 aromatic rings. The number of hydrogen-bond acceptors (Lipinski definition) is 2. The van der Waals surface area contributed by atoms with Crippen molar-refractivity contribution in [3.63, 3.8) is 0 Å². The van der Waals surface area contributed by atoms with E-state index in [1.165, 1.54) is 29.7 Å². The lowest BCUT2D eigenvalue weighted by atomic mass is 10.1. The van der Waals surface area contributed by atoms with Crippen LogP contribution in [0, 0.1) is 13.8 Å². The minimum Gasteiger partial charge on any atom is -0.345 e. The van der Waals surface area contributed by atoms with Gasteiger partial charge in [0.1, 0.15) is 5.82 Å².